The molecule has 0 fully saturated rings. The smallest absolute Gasteiger partial charge is 0.0994 e. The monoisotopic (exact) mass is 229 g/mol. The summed E-state index contributed by atoms with van der Waals surface area (Å²) in [6.07, 6.45) is 4.67. The molecule has 2 N–H and O–H groups in total. The Morgan fingerprint density at radius 3 is 2.65 bits per heavy atom. The van der Waals surface area contributed by atoms with Crippen molar-refractivity contribution in [2.75, 3.05) is 0 Å². The standard InChI is InChI=1S/C14H19N3/c1-4-11-7-5-6-8-12(11)17-10-16-9-13(17)14(2,3)15/h5-10H,4,15H2,1-3H3. The van der Waals surface area contributed by atoms with Gasteiger partial charge in [0, 0.05) is 0 Å². The fourth-order valence-electron chi connectivity index (χ4n) is 2.01. The van der Waals surface area contributed by atoms with Gasteiger partial charge in [0.05, 0.1) is 29.4 Å². The van der Waals surface area contributed by atoms with Crippen molar-refractivity contribution in [2.45, 2.75) is 32.7 Å². The molecule has 0 bridgehead atoms. The first-order chi connectivity index (χ1) is 8.04. The van der Waals surface area contributed by atoms with Crippen LogP contribution < -0.4 is 5.73 Å². The Bertz CT molecular complexity index is 506. The fraction of sp³-hybridized carbons (Fsp3) is 0.357. The number of nitrogens with two attached hydrogens (primary N) is 1. The van der Waals surface area contributed by atoms with Gasteiger partial charge < -0.3 is 10.3 Å². The van der Waals surface area contributed by atoms with Crippen molar-refractivity contribution in [2.24, 2.45) is 5.73 Å². The van der Waals surface area contributed by atoms with Crippen LogP contribution in [0.4, 0.5) is 0 Å². The summed E-state index contributed by atoms with van der Waals surface area (Å²) in [4.78, 5) is 4.22. The number of imidazole rings is 1. The minimum Gasteiger partial charge on any atom is -0.321 e. The highest BCUT2D eigenvalue weighted by molar-refractivity contribution is 5.43. The van der Waals surface area contributed by atoms with Gasteiger partial charge in [0.2, 0.25) is 0 Å². The van der Waals surface area contributed by atoms with Crippen molar-refractivity contribution in [1.82, 2.24) is 9.55 Å². The first kappa shape index (κ1) is 11.9. The second kappa shape index (κ2) is 4.34. The molecule has 0 aliphatic carbocycles. The van der Waals surface area contributed by atoms with Crippen LogP contribution in [0.15, 0.2) is 36.8 Å². The second-order valence-corrected chi connectivity index (χ2v) is 4.85. The molecule has 1 aromatic carbocycles. The van der Waals surface area contributed by atoms with E-state index in [0.717, 1.165) is 12.1 Å². The molecule has 0 saturated heterocycles. The molecule has 0 amide bonds. The molecular weight excluding hydrogens is 210 g/mol. The minimum atomic E-state index is -0.392. The van der Waals surface area contributed by atoms with E-state index in [1.54, 1.807) is 0 Å². The van der Waals surface area contributed by atoms with Crippen molar-refractivity contribution < 1.29 is 0 Å². The zero-order chi connectivity index (χ0) is 12.5. The molecule has 2 aromatic rings. The van der Waals surface area contributed by atoms with Gasteiger partial charge in [-0.1, -0.05) is 25.1 Å². The second-order valence-electron chi connectivity index (χ2n) is 4.85. The summed E-state index contributed by atoms with van der Waals surface area (Å²) in [6, 6.07) is 8.35. The summed E-state index contributed by atoms with van der Waals surface area (Å²) in [5.41, 5.74) is 9.27. The van der Waals surface area contributed by atoms with Gasteiger partial charge in [-0.05, 0) is 31.9 Å². The maximum absolute atomic E-state index is 6.17. The number of para-hydroxylation sites is 1. The Kier molecular flexibility index (Phi) is 3.03. The van der Waals surface area contributed by atoms with Gasteiger partial charge in [-0.3, -0.25) is 0 Å². The number of aromatic nitrogens is 2. The van der Waals surface area contributed by atoms with Gasteiger partial charge in [0.25, 0.3) is 0 Å². The lowest BCUT2D eigenvalue weighted by Gasteiger charge is -2.21. The van der Waals surface area contributed by atoms with Crippen molar-refractivity contribution in [3.05, 3.63) is 48.0 Å². The van der Waals surface area contributed by atoms with E-state index in [0.29, 0.717) is 0 Å². The average molecular weight is 229 g/mol. The molecule has 0 saturated carbocycles. The van der Waals surface area contributed by atoms with Crippen molar-refractivity contribution >= 4 is 0 Å². The molecule has 17 heavy (non-hydrogen) atoms. The summed E-state index contributed by atoms with van der Waals surface area (Å²) in [6.45, 7) is 6.15. The minimum absolute atomic E-state index is 0.392. The van der Waals surface area contributed by atoms with Crippen LogP contribution in [0.3, 0.4) is 0 Å². The normalized spacial score (nSPS) is 11.8. The SMILES string of the molecule is CCc1ccccc1-n1cncc1C(C)(C)N. The number of benzene rings is 1. The highest BCUT2D eigenvalue weighted by Crippen LogP contribution is 2.23. The van der Waals surface area contributed by atoms with E-state index in [4.69, 9.17) is 5.73 Å². The third-order valence-corrected chi connectivity index (χ3v) is 2.93. The van der Waals surface area contributed by atoms with Gasteiger partial charge in [0.15, 0.2) is 0 Å². The van der Waals surface area contributed by atoms with Crippen LogP contribution >= 0.6 is 0 Å². The van der Waals surface area contributed by atoms with Crippen LogP contribution in [0.25, 0.3) is 5.69 Å². The van der Waals surface area contributed by atoms with Gasteiger partial charge in [-0.25, -0.2) is 4.98 Å². The van der Waals surface area contributed by atoms with Crippen LogP contribution in [0, 0.1) is 0 Å². The molecule has 3 heteroatoms. The lowest BCUT2D eigenvalue weighted by molar-refractivity contribution is 0.524. The molecule has 2 rings (SSSR count). The largest absolute Gasteiger partial charge is 0.321 e. The topological polar surface area (TPSA) is 43.8 Å². The number of hydrogen-bond donors (Lipinski definition) is 1. The van der Waals surface area contributed by atoms with E-state index in [1.807, 2.05) is 32.4 Å². The number of rotatable bonds is 3. The van der Waals surface area contributed by atoms with Crippen molar-refractivity contribution in [3.8, 4) is 5.69 Å². The Balaban J connectivity index is 2.58. The third kappa shape index (κ3) is 2.24. The summed E-state index contributed by atoms with van der Waals surface area (Å²) < 4.78 is 2.08. The van der Waals surface area contributed by atoms with Crippen molar-refractivity contribution in [3.63, 3.8) is 0 Å². The molecule has 90 valence electrons. The van der Waals surface area contributed by atoms with Crippen LogP contribution in [0.5, 0.6) is 0 Å². The molecule has 0 atom stereocenters. The molecule has 3 nitrogen and oxygen atoms in total. The van der Waals surface area contributed by atoms with E-state index >= 15 is 0 Å². The third-order valence-electron chi connectivity index (χ3n) is 2.93. The highest BCUT2D eigenvalue weighted by Gasteiger charge is 2.20. The molecule has 0 aliphatic rings. The number of aryl methyl sites for hydroxylation is 1. The van der Waals surface area contributed by atoms with Crippen LogP contribution in [-0.2, 0) is 12.0 Å². The van der Waals surface area contributed by atoms with E-state index in [-0.39, 0.29) is 0 Å². The predicted molar refractivity (Wildman–Crippen MR) is 70.2 cm³/mol. The zero-order valence-electron chi connectivity index (χ0n) is 10.6. The maximum Gasteiger partial charge on any atom is 0.0994 e. The van der Waals surface area contributed by atoms with Gasteiger partial charge >= 0.3 is 0 Å². The molecule has 1 aromatic heterocycles. The fourth-order valence-corrected chi connectivity index (χ4v) is 2.01. The lowest BCUT2D eigenvalue weighted by atomic mass is 10.0. The lowest BCUT2D eigenvalue weighted by Crippen LogP contribution is -2.31. The number of hydrogen-bond acceptors (Lipinski definition) is 2. The van der Waals surface area contributed by atoms with Crippen LogP contribution in [0.1, 0.15) is 32.0 Å². The Labute approximate surface area is 102 Å². The Morgan fingerprint density at radius 1 is 1.29 bits per heavy atom. The van der Waals surface area contributed by atoms with E-state index in [2.05, 4.69) is 34.7 Å². The quantitative estimate of drug-likeness (QED) is 0.879. The van der Waals surface area contributed by atoms with E-state index < -0.39 is 5.54 Å². The average Bonchev–Trinajstić information content (AvgIpc) is 2.77. The summed E-state index contributed by atoms with van der Waals surface area (Å²) in [7, 11) is 0. The van der Waals surface area contributed by atoms with E-state index in [9.17, 15) is 0 Å². The van der Waals surface area contributed by atoms with Gasteiger partial charge in [-0.15, -0.1) is 0 Å². The zero-order valence-corrected chi connectivity index (χ0v) is 10.6. The molecule has 0 unspecified atom stereocenters. The molecule has 1 heterocycles. The highest BCUT2D eigenvalue weighted by atomic mass is 15.1. The van der Waals surface area contributed by atoms with Gasteiger partial charge in [-0.2, -0.15) is 0 Å². The van der Waals surface area contributed by atoms with Crippen molar-refractivity contribution in [1.29, 1.82) is 0 Å². The molecule has 0 radical (unpaired) electrons. The first-order valence-electron chi connectivity index (χ1n) is 5.94. The van der Waals surface area contributed by atoms with Crippen LogP contribution in [-0.4, -0.2) is 9.55 Å². The molecular formula is C14H19N3. The summed E-state index contributed by atoms with van der Waals surface area (Å²) in [5, 5.41) is 0. The summed E-state index contributed by atoms with van der Waals surface area (Å²) in [5.74, 6) is 0. The Hall–Kier alpha value is -1.61. The number of nitrogens with zero attached hydrogens (tertiary/aromatic N) is 2. The maximum atomic E-state index is 6.17. The van der Waals surface area contributed by atoms with Crippen LogP contribution in [0.2, 0.25) is 0 Å². The summed E-state index contributed by atoms with van der Waals surface area (Å²) >= 11 is 0. The van der Waals surface area contributed by atoms with Gasteiger partial charge in [0.1, 0.15) is 0 Å². The first-order valence-corrected chi connectivity index (χ1v) is 5.94. The molecule has 0 aliphatic heterocycles. The molecule has 0 spiro atoms. The Morgan fingerprint density at radius 2 is 2.00 bits per heavy atom. The van der Waals surface area contributed by atoms with E-state index in [1.165, 1.54) is 11.3 Å². The predicted octanol–water partition coefficient (Wildman–Crippen LogP) is 2.63.